The molecule has 0 unspecified atom stereocenters. The molecule has 0 amide bonds. The first kappa shape index (κ1) is 12.4. The Bertz CT molecular complexity index is 538. The van der Waals surface area contributed by atoms with Crippen LogP contribution < -0.4 is 10.5 Å². The number of hydrogen-bond donors (Lipinski definition) is 1. The number of pyridine rings is 1. The molecule has 0 fully saturated rings. The van der Waals surface area contributed by atoms with Gasteiger partial charge in [0.15, 0.2) is 0 Å². The molecular weight excluding hydrogens is 238 g/mol. The average Bonchev–Trinajstić information content (AvgIpc) is 2.27. The highest BCUT2D eigenvalue weighted by Crippen LogP contribution is 2.23. The number of aromatic nitrogens is 1. The van der Waals surface area contributed by atoms with E-state index in [4.69, 9.17) is 10.5 Å². The van der Waals surface area contributed by atoms with Gasteiger partial charge in [-0.15, -0.1) is 0 Å². The maximum Gasteiger partial charge on any atom is 0.219 e. The minimum absolute atomic E-state index is 0.0572. The Morgan fingerprint density at radius 2 is 1.83 bits per heavy atom. The minimum Gasteiger partial charge on any atom is -0.439 e. The molecule has 94 valence electrons. The molecule has 1 heterocycles. The Morgan fingerprint density at radius 3 is 2.44 bits per heavy atom. The second kappa shape index (κ2) is 5.10. The summed E-state index contributed by atoms with van der Waals surface area (Å²) in [5.41, 5.74) is 6.55. The van der Waals surface area contributed by atoms with E-state index in [1.54, 1.807) is 12.1 Å². The van der Waals surface area contributed by atoms with E-state index in [0.29, 0.717) is 0 Å². The lowest BCUT2D eigenvalue weighted by atomic mass is 10.1. The van der Waals surface area contributed by atoms with E-state index in [0.717, 1.165) is 23.8 Å². The van der Waals surface area contributed by atoms with Crippen LogP contribution in [0, 0.1) is 11.6 Å². The van der Waals surface area contributed by atoms with E-state index in [-0.39, 0.29) is 17.7 Å². The molecule has 0 bridgehead atoms. The van der Waals surface area contributed by atoms with Gasteiger partial charge in [0.05, 0.1) is 0 Å². The van der Waals surface area contributed by atoms with Crippen molar-refractivity contribution in [1.29, 1.82) is 0 Å². The number of nitrogens with zero attached hydrogens (tertiary/aromatic N) is 1. The zero-order valence-electron chi connectivity index (χ0n) is 9.73. The molecule has 0 aliphatic heterocycles. The fraction of sp³-hybridized carbons (Fsp3) is 0.154. The molecule has 0 saturated carbocycles. The van der Waals surface area contributed by atoms with Crippen molar-refractivity contribution in [3.05, 3.63) is 53.7 Å². The SMILES string of the molecule is C[C@H](N)c1ccnc(Oc2cc(F)cc(F)c2)c1. The highest BCUT2D eigenvalue weighted by molar-refractivity contribution is 5.30. The van der Waals surface area contributed by atoms with Crippen molar-refractivity contribution < 1.29 is 13.5 Å². The van der Waals surface area contributed by atoms with Gasteiger partial charge in [-0.2, -0.15) is 0 Å². The summed E-state index contributed by atoms with van der Waals surface area (Å²) in [5, 5.41) is 0. The maximum absolute atomic E-state index is 13.0. The summed E-state index contributed by atoms with van der Waals surface area (Å²) in [5.74, 6) is -1.10. The van der Waals surface area contributed by atoms with Gasteiger partial charge < -0.3 is 10.5 Å². The Hall–Kier alpha value is -2.01. The molecule has 2 rings (SSSR count). The Balaban J connectivity index is 2.25. The largest absolute Gasteiger partial charge is 0.439 e. The van der Waals surface area contributed by atoms with Crippen LogP contribution in [-0.4, -0.2) is 4.98 Å². The van der Waals surface area contributed by atoms with Crippen LogP contribution in [0.3, 0.4) is 0 Å². The second-order valence-electron chi connectivity index (χ2n) is 3.92. The van der Waals surface area contributed by atoms with Crippen LogP contribution in [0.25, 0.3) is 0 Å². The van der Waals surface area contributed by atoms with Gasteiger partial charge in [-0.1, -0.05) is 0 Å². The monoisotopic (exact) mass is 250 g/mol. The number of nitrogens with two attached hydrogens (primary N) is 1. The average molecular weight is 250 g/mol. The van der Waals surface area contributed by atoms with E-state index in [1.807, 2.05) is 6.92 Å². The normalized spacial score (nSPS) is 12.2. The first-order valence-corrected chi connectivity index (χ1v) is 5.40. The lowest BCUT2D eigenvalue weighted by Gasteiger charge is -2.08. The zero-order chi connectivity index (χ0) is 13.1. The quantitative estimate of drug-likeness (QED) is 0.910. The third kappa shape index (κ3) is 3.01. The van der Waals surface area contributed by atoms with Gasteiger partial charge in [-0.05, 0) is 18.6 Å². The van der Waals surface area contributed by atoms with Crippen molar-refractivity contribution >= 4 is 0 Å². The van der Waals surface area contributed by atoms with E-state index in [1.165, 1.54) is 6.20 Å². The molecule has 1 aromatic carbocycles. The first-order valence-electron chi connectivity index (χ1n) is 5.40. The van der Waals surface area contributed by atoms with Crippen LogP contribution in [0.15, 0.2) is 36.5 Å². The number of benzene rings is 1. The van der Waals surface area contributed by atoms with Gasteiger partial charge in [0, 0.05) is 36.5 Å². The molecule has 1 atom stereocenters. The van der Waals surface area contributed by atoms with Crippen molar-refractivity contribution in [2.45, 2.75) is 13.0 Å². The Labute approximate surface area is 103 Å². The summed E-state index contributed by atoms with van der Waals surface area (Å²) in [7, 11) is 0. The molecule has 2 aromatic rings. The molecule has 0 spiro atoms. The van der Waals surface area contributed by atoms with Crippen LogP contribution >= 0.6 is 0 Å². The third-order valence-electron chi connectivity index (χ3n) is 2.34. The summed E-state index contributed by atoms with van der Waals surface area (Å²) < 4.78 is 31.2. The van der Waals surface area contributed by atoms with Crippen LogP contribution in [0.4, 0.5) is 8.78 Å². The van der Waals surface area contributed by atoms with Crippen LogP contribution in [0.2, 0.25) is 0 Å². The van der Waals surface area contributed by atoms with E-state index < -0.39 is 11.6 Å². The highest BCUT2D eigenvalue weighted by Gasteiger charge is 2.06. The molecule has 0 radical (unpaired) electrons. The summed E-state index contributed by atoms with van der Waals surface area (Å²) in [4.78, 5) is 3.95. The molecule has 3 nitrogen and oxygen atoms in total. The lowest BCUT2D eigenvalue weighted by Crippen LogP contribution is -2.05. The highest BCUT2D eigenvalue weighted by atomic mass is 19.1. The first-order chi connectivity index (χ1) is 8.54. The summed E-state index contributed by atoms with van der Waals surface area (Å²) in [6, 6.07) is 6.17. The molecule has 1 aromatic heterocycles. The van der Waals surface area contributed by atoms with Gasteiger partial charge in [-0.25, -0.2) is 13.8 Å². The molecule has 0 aliphatic rings. The smallest absolute Gasteiger partial charge is 0.219 e. The molecule has 18 heavy (non-hydrogen) atoms. The Kier molecular flexibility index (Phi) is 3.53. The van der Waals surface area contributed by atoms with Crippen molar-refractivity contribution in [2.75, 3.05) is 0 Å². The minimum atomic E-state index is -0.701. The van der Waals surface area contributed by atoms with Gasteiger partial charge >= 0.3 is 0 Å². The van der Waals surface area contributed by atoms with Crippen molar-refractivity contribution in [1.82, 2.24) is 4.98 Å². The molecular formula is C13H12F2N2O. The topological polar surface area (TPSA) is 48.1 Å². The van der Waals surface area contributed by atoms with Crippen molar-refractivity contribution in [3.63, 3.8) is 0 Å². The van der Waals surface area contributed by atoms with Crippen molar-refractivity contribution in [2.24, 2.45) is 5.73 Å². The molecule has 0 aliphatic carbocycles. The van der Waals surface area contributed by atoms with E-state index in [2.05, 4.69) is 4.98 Å². The predicted molar refractivity (Wildman–Crippen MR) is 63.3 cm³/mol. The molecule has 5 heteroatoms. The second-order valence-corrected chi connectivity index (χ2v) is 3.92. The maximum atomic E-state index is 13.0. The summed E-state index contributed by atoms with van der Waals surface area (Å²) in [6.07, 6.45) is 1.53. The predicted octanol–water partition coefficient (Wildman–Crippen LogP) is 3.17. The zero-order valence-corrected chi connectivity index (χ0v) is 9.73. The van der Waals surface area contributed by atoms with Gasteiger partial charge in [0.1, 0.15) is 17.4 Å². The number of rotatable bonds is 3. The summed E-state index contributed by atoms with van der Waals surface area (Å²) >= 11 is 0. The standard InChI is InChI=1S/C13H12F2N2O/c1-8(16)9-2-3-17-13(4-9)18-12-6-10(14)5-11(15)7-12/h2-8H,16H2,1H3/t8-/m0/s1. The van der Waals surface area contributed by atoms with Crippen LogP contribution in [-0.2, 0) is 0 Å². The van der Waals surface area contributed by atoms with Crippen LogP contribution in [0.5, 0.6) is 11.6 Å². The fourth-order valence-corrected chi connectivity index (χ4v) is 1.47. The number of halogens is 2. The Morgan fingerprint density at radius 1 is 1.17 bits per heavy atom. The van der Waals surface area contributed by atoms with Crippen LogP contribution in [0.1, 0.15) is 18.5 Å². The van der Waals surface area contributed by atoms with Gasteiger partial charge in [-0.3, -0.25) is 0 Å². The lowest BCUT2D eigenvalue weighted by molar-refractivity contribution is 0.450. The molecule has 2 N–H and O–H groups in total. The third-order valence-corrected chi connectivity index (χ3v) is 2.34. The van der Waals surface area contributed by atoms with Crippen molar-refractivity contribution in [3.8, 4) is 11.6 Å². The number of ether oxygens (including phenoxy) is 1. The van der Waals surface area contributed by atoms with E-state index in [9.17, 15) is 8.78 Å². The van der Waals surface area contributed by atoms with Gasteiger partial charge in [0.25, 0.3) is 0 Å². The van der Waals surface area contributed by atoms with E-state index >= 15 is 0 Å². The fourth-order valence-electron chi connectivity index (χ4n) is 1.47. The number of hydrogen-bond acceptors (Lipinski definition) is 3. The summed E-state index contributed by atoms with van der Waals surface area (Å²) in [6.45, 7) is 1.82. The molecule has 0 saturated heterocycles. The van der Waals surface area contributed by atoms with Gasteiger partial charge in [0.2, 0.25) is 5.88 Å².